The largest absolute Gasteiger partial charge is 0.370 e. The number of hydrogen-bond donors (Lipinski definition) is 2. The fourth-order valence-electron chi connectivity index (χ4n) is 0.963. The molecule has 0 aliphatic carbocycles. The lowest BCUT2D eigenvalue weighted by molar-refractivity contribution is -0.139. The summed E-state index contributed by atoms with van der Waals surface area (Å²) in [5.41, 5.74) is 5.21. The molecule has 6 heteroatoms. The lowest BCUT2D eigenvalue weighted by atomic mass is 10.4. The topological polar surface area (TPSA) is 84.7 Å². The highest BCUT2D eigenvalue weighted by Crippen LogP contribution is 1.90. The van der Waals surface area contributed by atoms with Gasteiger partial charge in [0, 0.05) is 20.1 Å². The first-order valence-corrected chi connectivity index (χ1v) is 4.91. The molecule has 0 aliphatic rings. The molecule has 0 saturated carbocycles. The van der Waals surface area contributed by atoms with Crippen LogP contribution >= 0.6 is 0 Å². The van der Waals surface area contributed by atoms with E-state index in [9.17, 15) is 9.59 Å². The second-order valence-corrected chi connectivity index (χ2v) is 2.92. The molecule has 0 unspecified atom stereocenters. The van der Waals surface area contributed by atoms with Crippen molar-refractivity contribution in [2.45, 2.75) is 6.92 Å². The molecule has 6 nitrogen and oxygen atoms in total. The third-order valence-corrected chi connectivity index (χ3v) is 1.84. The minimum atomic E-state index is -0.199. The molecule has 3 N–H and O–H groups in total. The summed E-state index contributed by atoms with van der Waals surface area (Å²) < 4.78 is 4.99. The number of nitrogens with one attached hydrogen (secondary N) is 1. The van der Waals surface area contributed by atoms with Crippen LogP contribution in [0.4, 0.5) is 0 Å². The highest BCUT2D eigenvalue weighted by atomic mass is 16.5. The Balaban J connectivity index is 3.93. The van der Waals surface area contributed by atoms with Crippen molar-refractivity contribution in [3.05, 3.63) is 0 Å². The summed E-state index contributed by atoms with van der Waals surface area (Å²) in [4.78, 5) is 24.0. The normalized spacial score (nSPS) is 9.80. The van der Waals surface area contributed by atoms with Crippen molar-refractivity contribution in [2.75, 3.05) is 39.9 Å². The molecule has 0 saturated heterocycles. The van der Waals surface area contributed by atoms with Gasteiger partial charge in [0.1, 0.15) is 6.61 Å². The van der Waals surface area contributed by atoms with Crippen molar-refractivity contribution >= 4 is 11.8 Å². The number of nitrogens with two attached hydrogens (primary N) is 1. The number of likely N-dealkylation sites (N-methyl/N-ethyl adjacent to an activating group) is 2. The third-order valence-electron chi connectivity index (χ3n) is 1.84. The molecule has 0 aromatic heterocycles. The van der Waals surface area contributed by atoms with Gasteiger partial charge >= 0.3 is 0 Å². The summed E-state index contributed by atoms with van der Waals surface area (Å²) in [5, 5.41) is 2.46. The summed E-state index contributed by atoms with van der Waals surface area (Å²) in [5.74, 6) is -0.390. The first-order chi connectivity index (χ1) is 7.15. The first-order valence-electron chi connectivity index (χ1n) is 4.91. The SMILES string of the molecule is CCN(CC(=O)NC)C(=O)COCCN. The molecule has 15 heavy (non-hydrogen) atoms. The Kier molecular flexibility index (Phi) is 7.57. The van der Waals surface area contributed by atoms with Gasteiger partial charge in [0.25, 0.3) is 0 Å². The number of hydrogen-bond acceptors (Lipinski definition) is 4. The fourth-order valence-corrected chi connectivity index (χ4v) is 0.963. The maximum atomic E-state index is 11.5. The number of amides is 2. The van der Waals surface area contributed by atoms with Crippen molar-refractivity contribution in [3.63, 3.8) is 0 Å². The first kappa shape index (κ1) is 13.9. The van der Waals surface area contributed by atoms with Gasteiger partial charge in [0.15, 0.2) is 0 Å². The Morgan fingerprint density at radius 2 is 2.13 bits per heavy atom. The molecular weight excluding hydrogens is 198 g/mol. The molecular formula is C9H19N3O3. The van der Waals surface area contributed by atoms with Crippen LogP contribution in [0.1, 0.15) is 6.92 Å². The Hall–Kier alpha value is -1.14. The average molecular weight is 217 g/mol. The van der Waals surface area contributed by atoms with Crippen LogP contribution in [-0.4, -0.2) is 56.6 Å². The van der Waals surface area contributed by atoms with E-state index in [0.29, 0.717) is 19.7 Å². The molecule has 0 bridgehead atoms. The number of rotatable bonds is 7. The van der Waals surface area contributed by atoms with E-state index in [1.165, 1.54) is 11.9 Å². The molecule has 88 valence electrons. The van der Waals surface area contributed by atoms with Gasteiger partial charge in [-0.3, -0.25) is 9.59 Å². The molecule has 0 heterocycles. The van der Waals surface area contributed by atoms with Gasteiger partial charge in [-0.05, 0) is 6.92 Å². The van der Waals surface area contributed by atoms with Crippen LogP contribution in [0.3, 0.4) is 0 Å². The summed E-state index contributed by atoms with van der Waals surface area (Å²) in [6.45, 7) is 3.07. The van der Waals surface area contributed by atoms with Gasteiger partial charge in [-0.2, -0.15) is 0 Å². The number of carbonyl (C=O) groups is 2. The van der Waals surface area contributed by atoms with Crippen LogP contribution in [0.15, 0.2) is 0 Å². The lowest BCUT2D eigenvalue weighted by Crippen LogP contribution is -2.41. The maximum Gasteiger partial charge on any atom is 0.249 e. The van der Waals surface area contributed by atoms with Crippen LogP contribution in [0.25, 0.3) is 0 Å². The van der Waals surface area contributed by atoms with Crippen molar-refractivity contribution < 1.29 is 14.3 Å². The standard InChI is InChI=1S/C9H19N3O3/c1-3-12(6-8(13)11-2)9(14)7-15-5-4-10/h3-7,10H2,1-2H3,(H,11,13). The molecule has 0 radical (unpaired) electrons. The molecule has 0 atom stereocenters. The highest BCUT2D eigenvalue weighted by molar-refractivity contribution is 5.85. The zero-order valence-electron chi connectivity index (χ0n) is 9.28. The summed E-state index contributed by atoms with van der Waals surface area (Å²) in [7, 11) is 1.53. The van der Waals surface area contributed by atoms with Crippen molar-refractivity contribution in [2.24, 2.45) is 5.73 Å². The molecule has 0 spiro atoms. The fraction of sp³-hybridized carbons (Fsp3) is 0.778. The molecule has 0 rings (SSSR count). The predicted molar refractivity (Wildman–Crippen MR) is 56.2 cm³/mol. The Morgan fingerprint density at radius 3 is 2.60 bits per heavy atom. The van der Waals surface area contributed by atoms with Crippen LogP contribution < -0.4 is 11.1 Å². The predicted octanol–water partition coefficient (Wildman–Crippen LogP) is -1.44. The number of ether oxygens (including phenoxy) is 1. The van der Waals surface area contributed by atoms with Crippen LogP contribution in [0.2, 0.25) is 0 Å². The molecule has 0 aromatic rings. The average Bonchev–Trinajstić information content (AvgIpc) is 2.25. The van der Waals surface area contributed by atoms with E-state index < -0.39 is 0 Å². The van der Waals surface area contributed by atoms with E-state index in [-0.39, 0.29) is 25.0 Å². The minimum absolute atomic E-state index is 0.0258. The zero-order chi connectivity index (χ0) is 11.7. The van der Waals surface area contributed by atoms with Crippen molar-refractivity contribution in [1.82, 2.24) is 10.2 Å². The number of carbonyl (C=O) groups excluding carboxylic acids is 2. The second kappa shape index (κ2) is 8.19. The number of nitrogens with zero attached hydrogens (tertiary/aromatic N) is 1. The van der Waals surface area contributed by atoms with E-state index in [2.05, 4.69) is 5.32 Å². The van der Waals surface area contributed by atoms with E-state index in [4.69, 9.17) is 10.5 Å². The zero-order valence-corrected chi connectivity index (χ0v) is 9.28. The molecule has 0 fully saturated rings. The van der Waals surface area contributed by atoms with Gasteiger partial charge in [0.2, 0.25) is 11.8 Å². The summed E-state index contributed by atoms with van der Waals surface area (Å²) in [6.07, 6.45) is 0. The highest BCUT2D eigenvalue weighted by Gasteiger charge is 2.14. The van der Waals surface area contributed by atoms with Crippen LogP contribution in [0.5, 0.6) is 0 Å². The molecule has 0 aromatic carbocycles. The van der Waals surface area contributed by atoms with Gasteiger partial charge in [0.05, 0.1) is 13.2 Å². The lowest BCUT2D eigenvalue weighted by Gasteiger charge is -2.19. The summed E-state index contributed by atoms with van der Waals surface area (Å²) in [6, 6.07) is 0. The summed E-state index contributed by atoms with van der Waals surface area (Å²) >= 11 is 0. The minimum Gasteiger partial charge on any atom is -0.370 e. The maximum absolute atomic E-state index is 11.5. The molecule has 2 amide bonds. The van der Waals surface area contributed by atoms with E-state index >= 15 is 0 Å². The third kappa shape index (κ3) is 6.03. The van der Waals surface area contributed by atoms with Crippen molar-refractivity contribution in [3.8, 4) is 0 Å². The Morgan fingerprint density at radius 1 is 1.47 bits per heavy atom. The van der Waals surface area contributed by atoms with E-state index in [0.717, 1.165) is 0 Å². The van der Waals surface area contributed by atoms with Gasteiger partial charge in [-0.1, -0.05) is 0 Å². The monoisotopic (exact) mass is 217 g/mol. The van der Waals surface area contributed by atoms with Crippen molar-refractivity contribution in [1.29, 1.82) is 0 Å². The van der Waals surface area contributed by atoms with E-state index in [1.807, 2.05) is 6.92 Å². The second-order valence-electron chi connectivity index (χ2n) is 2.92. The Labute approximate surface area is 89.7 Å². The van der Waals surface area contributed by atoms with E-state index in [1.54, 1.807) is 0 Å². The Bertz CT molecular complexity index is 209. The van der Waals surface area contributed by atoms with Gasteiger partial charge < -0.3 is 20.7 Å². The van der Waals surface area contributed by atoms with Gasteiger partial charge in [-0.25, -0.2) is 0 Å². The smallest absolute Gasteiger partial charge is 0.249 e. The van der Waals surface area contributed by atoms with Gasteiger partial charge in [-0.15, -0.1) is 0 Å². The van der Waals surface area contributed by atoms with Crippen LogP contribution in [-0.2, 0) is 14.3 Å². The molecule has 0 aliphatic heterocycles. The van der Waals surface area contributed by atoms with Crippen LogP contribution in [0, 0.1) is 0 Å². The quantitative estimate of drug-likeness (QED) is 0.511.